The van der Waals surface area contributed by atoms with Crippen LogP contribution in [0.4, 0.5) is 0 Å². The van der Waals surface area contributed by atoms with Gasteiger partial charge in [0.15, 0.2) is 0 Å². The second-order valence-corrected chi connectivity index (χ2v) is 3.66. The van der Waals surface area contributed by atoms with Gasteiger partial charge in [-0.3, -0.25) is 0 Å². The lowest BCUT2D eigenvalue weighted by Crippen LogP contribution is -2.13. The van der Waals surface area contributed by atoms with Gasteiger partial charge in [0.05, 0.1) is 0 Å². The molecule has 1 aromatic rings. The van der Waals surface area contributed by atoms with Crippen LogP contribution in [0.2, 0.25) is 0 Å². The SMILES string of the molecule is C=C/C=C(\C=C)N1Cc2ccccc2C1. The zero-order valence-electron chi connectivity index (χ0n) is 8.82. The number of benzene rings is 1. The van der Waals surface area contributed by atoms with Gasteiger partial charge in [0.25, 0.3) is 0 Å². The smallest absolute Gasteiger partial charge is 0.0436 e. The Morgan fingerprint density at radius 1 is 1.13 bits per heavy atom. The van der Waals surface area contributed by atoms with Crippen molar-refractivity contribution in [2.24, 2.45) is 0 Å². The highest BCUT2D eigenvalue weighted by Gasteiger charge is 2.18. The molecule has 0 N–H and O–H groups in total. The summed E-state index contributed by atoms with van der Waals surface area (Å²) in [5.74, 6) is 0. The maximum Gasteiger partial charge on any atom is 0.0436 e. The highest BCUT2D eigenvalue weighted by molar-refractivity contribution is 5.34. The van der Waals surface area contributed by atoms with Crippen LogP contribution in [-0.4, -0.2) is 4.90 Å². The number of hydrogen-bond donors (Lipinski definition) is 0. The molecule has 1 heterocycles. The fourth-order valence-corrected chi connectivity index (χ4v) is 1.94. The molecule has 0 unspecified atom stereocenters. The Morgan fingerprint density at radius 2 is 1.73 bits per heavy atom. The maximum absolute atomic E-state index is 3.83. The van der Waals surface area contributed by atoms with Crippen molar-refractivity contribution < 1.29 is 0 Å². The maximum atomic E-state index is 3.83. The summed E-state index contributed by atoms with van der Waals surface area (Å²) in [7, 11) is 0. The monoisotopic (exact) mass is 197 g/mol. The average molecular weight is 197 g/mol. The van der Waals surface area contributed by atoms with Crippen molar-refractivity contribution in [3.05, 3.63) is 72.5 Å². The van der Waals surface area contributed by atoms with Crippen molar-refractivity contribution >= 4 is 0 Å². The van der Waals surface area contributed by atoms with E-state index in [1.807, 2.05) is 12.2 Å². The highest BCUT2D eigenvalue weighted by Crippen LogP contribution is 2.25. The molecule has 76 valence electrons. The van der Waals surface area contributed by atoms with E-state index in [2.05, 4.69) is 42.3 Å². The molecule has 0 fully saturated rings. The van der Waals surface area contributed by atoms with Crippen molar-refractivity contribution in [1.29, 1.82) is 0 Å². The molecule has 2 rings (SSSR count). The molecule has 0 aliphatic carbocycles. The van der Waals surface area contributed by atoms with Gasteiger partial charge in [-0.05, 0) is 23.3 Å². The number of rotatable bonds is 3. The number of nitrogens with zero attached hydrogens (tertiary/aromatic N) is 1. The number of allylic oxidation sites excluding steroid dienone is 3. The third kappa shape index (κ3) is 1.86. The van der Waals surface area contributed by atoms with E-state index < -0.39 is 0 Å². The van der Waals surface area contributed by atoms with Crippen molar-refractivity contribution in [2.45, 2.75) is 13.1 Å². The second-order valence-electron chi connectivity index (χ2n) is 3.66. The van der Waals surface area contributed by atoms with E-state index in [-0.39, 0.29) is 0 Å². The molecule has 1 nitrogen and oxygen atoms in total. The predicted molar refractivity (Wildman–Crippen MR) is 64.2 cm³/mol. The molecule has 0 spiro atoms. The third-order valence-corrected chi connectivity index (χ3v) is 2.70. The Kier molecular flexibility index (Phi) is 2.72. The van der Waals surface area contributed by atoms with E-state index >= 15 is 0 Å². The van der Waals surface area contributed by atoms with Crippen LogP contribution in [0.25, 0.3) is 0 Å². The number of fused-ring (bicyclic) bond motifs is 1. The molecule has 0 aromatic heterocycles. The summed E-state index contributed by atoms with van der Waals surface area (Å²) in [5.41, 5.74) is 3.96. The Bertz CT molecular complexity index is 390. The molecule has 0 saturated heterocycles. The summed E-state index contributed by atoms with van der Waals surface area (Å²) < 4.78 is 0. The lowest BCUT2D eigenvalue weighted by atomic mass is 10.1. The zero-order valence-corrected chi connectivity index (χ0v) is 8.82. The Labute approximate surface area is 91.0 Å². The quantitative estimate of drug-likeness (QED) is 0.672. The molecule has 1 aliphatic heterocycles. The summed E-state index contributed by atoms with van der Waals surface area (Å²) in [6, 6.07) is 8.55. The first-order chi connectivity index (χ1) is 7.35. The van der Waals surface area contributed by atoms with Crippen LogP contribution in [0.3, 0.4) is 0 Å². The molecule has 1 aromatic carbocycles. The summed E-state index contributed by atoms with van der Waals surface area (Å²) >= 11 is 0. The van der Waals surface area contributed by atoms with Gasteiger partial charge in [0.1, 0.15) is 0 Å². The second kappa shape index (κ2) is 4.18. The molecule has 1 aliphatic rings. The molecular weight excluding hydrogens is 182 g/mol. The van der Waals surface area contributed by atoms with Crippen LogP contribution < -0.4 is 0 Å². The Balaban J connectivity index is 2.22. The molecule has 0 radical (unpaired) electrons. The Hall–Kier alpha value is -1.76. The van der Waals surface area contributed by atoms with Crippen molar-refractivity contribution in [3.8, 4) is 0 Å². The van der Waals surface area contributed by atoms with Crippen LogP contribution >= 0.6 is 0 Å². The van der Waals surface area contributed by atoms with Crippen LogP contribution in [0.1, 0.15) is 11.1 Å². The molecular formula is C14H15N. The fourth-order valence-electron chi connectivity index (χ4n) is 1.94. The lowest BCUT2D eigenvalue weighted by molar-refractivity contribution is 0.375. The standard InChI is InChI=1S/C14H15N/c1-3-7-14(4-2)15-10-12-8-5-6-9-13(12)11-15/h3-9H,1-2,10-11H2/b14-7+. The van der Waals surface area contributed by atoms with Crippen molar-refractivity contribution in [1.82, 2.24) is 4.90 Å². The minimum absolute atomic E-state index is 0.974. The van der Waals surface area contributed by atoms with E-state index in [4.69, 9.17) is 0 Å². The van der Waals surface area contributed by atoms with Gasteiger partial charge in [-0.2, -0.15) is 0 Å². The van der Waals surface area contributed by atoms with Gasteiger partial charge in [-0.25, -0.2) is 0 Å². The van der Waals surface area contributed by atoms with Crippen LogP contribution in [0.5, 0.6) is 0 Å². The summed E-state index contributed by atoms with van der Waals surface area (Å²) in [5, 5.41) is 0. The van der Waals surface area contributed by atoms with E-state index in [1.165, 1.54) is 11.1 Å². The predicted octanol–water partition coefficient (Wildman–Crippen LogP) is 3.26. The van der Waals surface area contributed by atoms with Crippen molar-refractivity contribution in [3.63, 3.8) is 0 Å². The summed E-state index contributed by atoms with van der Waals surface area (Å²) in [6.07, 6.45) is 5.69. The highest BCUT2D eigenvalue weighted by atomic mass is 15.1. The average Bonchev–Trinajstić information content (AvgIpc) is 2.69. The molecule has 1 heteroatoms. The molecule has 0 atom stereocenters. The van der Waals surface area contributed by atoms with E-state index in [9.17, 15) is 0 Å². The summed E-state index contributed by atoms with van der Waals surface area (Å²) in [4.78, 5) is 2.30. The zero-order chi connectivity index (χ0) is 10.7. The van der Waals surface area contributed by atoms with E-state index in [0.29, 0.717) is 0 Å². The van der Waals surface area contributed by atoms with Crippen LogP contribution in [0.15, 0.2) is 61.3 Å². The first kappa shape index (κ1) is 9.78. The molecule has 0 amide bonds. The van der Waals surface area contributed by atoms with E-state index in [0.717, 1.165) is 18.8 Å². The largest absolute Gasteiger partial charge is 0.363 e. The van der Waals surface area contributed by atoms with Gasteiger partial charge < -0.3 is 4.90 Å². The van der Waals surface area contributed by atoms with Gasteiger partial charge in [-0.15, -0.1) is 0 Å². The van der Waals surface area contributed by atoms with Crippen LogP contribution in [-0.2, 0) is 13.1 Å². The molecule has 0 saturated carbocycles. The van der Waals surface area contributed by atoms with Gasteiger partial charge in [0, 0.05) is 18.8 Å². The van der Waals surface area contributed by atoms with Gasteiger partial charge in [0.2, 0.25) is 0 Å². The first-order valence-corrected chi connectivity index (χ1v) is 5.12. The van der Waals surface area contributed by atoms with Crippen molar-refractivity contribution in [2.75, 3.05) is 0 Å². The first-order valence-electron chi connectivity index (χ1n) is 5.12. The van der Waals surface area contributed by atoms with Gasteiger partial charge in [-0.1, -0.05) is 43.5 Å². The minimum Gasteiger partial charge on any atom is -0.363 e. The fraction of sp³-hybridized carbons (Fsp3) is 0.143. The lowest BCUT2D eigenvalue weighted by Gasteiger charge is -2.18. The number of hydrogen-bond acceptors (Lipinski definition) is 1. The molecule has 0 bridgehead atoms. The molecule has 15 heavy (non-hydrogen) atoms. The summed E-state index contributed by atoms with van der Waals surface area (Å²) in [6.45, 7) is 9.50. The van der Waals surface area contributed by atoms with E-state index in [1.54, 1.807) is 6.08 Å². The van der Waals surface area contributed by atoms with Crippen LogP contribution in [0, 0.1) is 0 Å². The normalized spacial score (nSPS) is 14.9. The third-order valence-electron chi connectivity index (χ3n) is 2.70. The Morgan fingerprint density at radius 3 is 2.20 bits per heavy atom. The topological polar surface area (TPSA) is 3.24 Å². The minimum atomic E-state index is 0.974. The van der Waals surface area contributed by atoms with Gasteiger partial charge >= 0.3 is 0 Å².